The van der Waals surface area contributed by atoms with Gasteiger partial charge in [0, 0.05) is 28.8 Å². The molecule has 1 spiro atoms. The maximum atomic E-state index is 12.7. The van der Waals surface area contributed by atoms with Crippen molar-refractivity contribution in [1.29, 1.82) is 0 Å². The number of aromatic hydroxyl groups is 1. The van der Waals surface area contributed by atoms with Crippen molar-refractivity contribution in [3.63, 3.8) is 0 Å². The highest BCUT2D eigenvalue weighted by Crippen LogP contribution is 2.57. The Morgan fingerprint density at radius 1 is 0.926 bits per heavy atom. The van der Waals surface area contributed by atoms with Crippen LogP contribution in [0.2, 0.25) is 0 Å². The SMILES string of the molecule is Cc1ccc2c(c1)C(=O)OC21c2ccc(O)cc2Oc2cc(N=O)ccc21. The van der Waals surface area contributed by atoms with Crippen molar-refractivity contribution in [1.82, 2.24) is 0 Å². The van der Waals surface area contributed by atoms with Crippen LogP contribution in [0.25, 0.3) is 0 Å². The number of fused-ring (bicyclic) bond motifs is 6. The standard InChI is InChI=1S/C21H13NO5/c1-11-2-5-15-14(8-11)20(24)27-21(15)16-6-3-12(22-25)9-18(16)26-19-10-13(23)4-7-17(19)21/h2-10,23H,1H3. The number of carbonyl (C=O) groups is 1. The van der Waals surface area contributed by atoms with Gasteiger partial charge in [-0.25, -0.2) is 4.79 Å². The molecule has 0 bridgehead atoms. The van der Waals surface area contributed by atoms with Crippen molar-refractivity contribution in [3.8, 4) is 17.2 Å². The van der Waals surface area contributed by atoms with E-state index in [0.717, 1.165) is 5.56 Å². The molecular weight excluding hydrogens is 346 g/mol. The van der Waals surface area contributed by atoms with Crippen LogP contribution in [0.5, 0.6) is 17.2 Å². The number of phenols is 1. The van der Waals surface area contributed by atoms with Gasteiger partial charge >= 0.3 is 5.97 Å². The third-order valence-corrected chi connectivity index (χ3v) is 5.03. The summed E-state index contributed by atoms with van der Waals surface area (Å²) in [6, 6.07) is 15.0. The zero-order chi connectivity index (χ0) is 18.8. The average molecular weight is 359 g/mol. The van der Waals surface area contributed by atoms with Crippen molar-refractivity contribution < 1.29 is 19.4 Å². The van der Waals surface area contributed by atoms with Crippen LogP contribution in [0.3, 0.4) is 0 Å². The highest BCUT2D eigenvalue weighted by Gasteiger charge is 2.53. The molecule has 1 atom stereocenters. The number of nitrogens with zero attached hydrogens (tertiary/aromatic N) is 1. The molecule has 0 saturated carbocycles. The normalized spacial score (nSPS) is 18.9. The highest BCUT2D eigenvalue weighted by atomic mass is 16.6. The molecule has 0 aromatic heterocycles. The number of aryl methyl sites for hydroxylation is 1. The van der Waals surface area contributed by atoms with E-state index in [1.807, 2.05) is 19.1 Å². The van der Waals surface area contributed by atoms with E-state index in [9.17, 15) is 14.8 Å². The van der Waals surface area contributed by atoms with Gasteiger partial charge < -0.3 is 14.6 Å². The van der Waals surface area contributed by atoms with Crippen LogP contribution in [0.4, 0.5) is 5.69 Å². The second-order valence-corrected chi connectivity index (χ2v) is 6.67. The van der Waals surface area contributed by atoms with Crippen molar-refractivity contribution >= 4 is 11.7 Å². The summed E-state index contributed by atoms with van der Waals surface area (Å²) in [5.41, 5.74) is 2.32. The Balaban J connectivity index is 1.89. The van der Waals surface area contributed by atoms with E-state index < -0.39 is 11.6 Å². The van der Waals surface area contributed by atoms with Crippen molar-refractivity contribution in [2.75, 3.05) is 0 Å². The lowest BCUT2D eigenvalue weighted by Crippen LogP contribution is -2.32. The summed E-state index contributed by atoms with van der Waals surface area (Å²) < 4.78 is 11.9. The third-order valence-electron chi connectivity index (χ3n) is 5.03. The number of ether oxygens (including phenoxy) is 2. The van der Waals surface area contributed by atoms with Crippen LogP contribution in [-0.2, 0) is 10.3 Å². The summed E-state index contributed by atoms with van der Waals surface area (Å²) in [4.78, 5) is 23.7. The summed E-state index contributed by atoms with van der Waals surface area (Å²) >= 11 is 0. The molecule has 0 radical (unpaired) electrons. The molecule has 3 aromatic rings. The van der Waals surface area contributed by atoms with Gasteiger partial charge in [0.05, 0.1) is 5.56 Å². The zero-order valence-corrected chi connectivity index (χ0v) is 14.2. The van der Waals surface area contributed by atoms with Crippen molar-refractivity contribution in [2.45, 2.75) is 12.5 Å². The Bertz CT molecular complexity index is 1150. The lowest BCUT2D eigenvalue weighted by molar-refractivity contribution is 0.0224. The minimum atomic E-state index is -1.21. The maximum Gasteiger partial charge on any atom is 0.340 e. The van der Waals surface area contributed by atoms with Crippen LogP contribution in [0, 0.1) is 11.8 Å². The minimum Gasteiger partial charge on any atom is -0.508 e. The Morgan fingerprint density at radius 2 is 1.63 bits per heavy atom. The van der Waals surface area contributed by atoms with E-state index in [1.165, 1.54) is 18.2 Å². The number of benzene rings is 3. The molecule has 0 saturated heterocycles. The summed E-state index contributed by atoms with van der Waals surface area (Å²) in [6.45, 7) is 1.91. The summed E-state index contributed by atoms with van der Waals surface area (Å²) in [6.07, 6.45) is 0. The topological polar surface area (TPSA) is 85.2 Å². The van der Waals surface area contributed by atoms with Crippen LogP contribution in [0.15, 0.2) is 59.8 Å². The van der Waals surface area contributed by atoms with Crippen molar-refractivity contribution in [2.24, 2.45) is 5.18 Å². The van der Waals surface area contributed by atoms with Crippen LogP contribution in [-0.4, -0.2) is 11.1 Å². The molecule has 2 aliphatic rings. The molecule has 2 heterocycles. The first-order valence-corrected chi connectivity index (χ1v) is 8.36. The fraction of sp³-hybridized carbons (Fsp3) is 0.0952. The van der Waals surface area contributed by atoms with Gasteiger partial charge in [0.1, 0.15) is 22.9 Å². The van der Waals surface area contributed by atoms with E-state index in [-0.39, 0.29) is 11.4 Å². The van der Waals surface area contributed by atoms with E-state index in [2.05, 4.69) is 5.18 Å². The Labute approximate surface area is 154 Å². The summed E-state index contributed by atoms with van der Waals surface area (Å²) in [7, 11) is 0. The summed E-state index contributed by atoms with van der Waals surface area (Å²) in [5, 5.41) is 12.8. The van der Waals surface area contributed by atoms with Crippen LogP contribution >= 0.6 is 0 Å². The number of hydrogen-bond acceptors (Lipinski definition) is 6. The molecule has 0 fully saturated rings. The molecule has 1 N–H and O–H groups in total. The largest absolute Gasteiger partial charge is 0.508 e. The molecule has 27 heavy (non-hydrogen) atoms. The van der Waals surface area contributed by atoms with E-state index in [4.69, 9.17) is 9.47 Å². The summed E-state index contributed by atoms with van der Waals surface area (Å²) in [5.74, 6) is 0.293. The lowest BCUT2D eigenvalue weighted by atomic mass is 9.77. The number of rotatable bonds is 1. The van der Waals surface area contributed by atoms with Crippen molar-refractivity contribution in [3.05, 3.63) is 87.3 Å². The molecule has 0 amide bonds. The fourth-order valence-corrected chi connectivity index (χ4v) is 3.88. The molecule has 3 aromatic carbocycles. The quantitative estimate of drug-likeness (QED) is 0.504. The second-order valence-electron chi connectivity index (χ2n) is 6.67. The molecular formula is C21H13NO5. The monoisotopic (exact) mass is 359 g/mol. The molecule has 2 aliphatic heterocycles. The van der Waals surface area contributed by atoms with Crippen LogP contribution < -0.4 is 4.74 Å². The van der Waals surface area contributed by atoms with E-state index in [0.29, 0.717) is 33.8 Å². The average Bonchev–Trinajstić information content (AvgIpc) is 2.94. The molecule has 6 nitrogen and oxygen atoms in total. The predicted molar refractivity (Wildman–Crippen MR) is 96.6 cm³/mol. The molecule has 132 valence electrons. The smallest absolute Gasteiger partial charge is 0.340 e. The van der Waals surface area contributed by atoms with Gasteiger partial charge in [-0.05, 0) is 42.4 Å². The first kappa shape index (κ1) is 15.6. The van der Waals surface area contributed by atoms with Gasteiger partial charge in [-0.3, -0.25) is 0 Å². The first-order valence-electron chi connectivity index (χ1n) is 8.36. The molecule has 6 heteroatoms. The lowest BCUT2D eigenvalue weighted by Gasteiger charge is -2.36. The van der Waals surface area contributed by atoms with Gasteiger partial charge in [-0.1, -0.05) is 17.7 Å². The van der Waals surface area contributed by atoms with Gasteiger partial charge in [0.25, 0.3) is 0 Å². The van der Waals surface area contributed by atoms with E-state index >= 15 is 0 Å². The van der Waals surface area contributed by atoms with E-state index in [1.54, 1.807) is 24.3 Å². The van der Waals surface area contributed by atoms with Gasteiger partial charge in [0.2, 0.25) is 0 Å². The molecule has 0 aliphatic carbocycles. The Kier molecular flexibility index (Phi) is 2.98. The fourth-order valence-electron chi connectivity index (χ4n) is 3.88. The zero-order valence-electron chi connectivity index (χ0n) is 14.2. The van der Waals surface area contributed by atoms with Crippen LogP contribution in [0.1, 0.15) is 32.6 Å². The number of hydrogen-bond donors (Lipinski definition) is 1. The maximum absolute atomic E-state index is 12.7. The highest BCUT2D eigenvalue weighted by molar-refractivity contribution is 5.97. The number of nitroso groups, excluding NO2 is 1. The molecule has 1 unspecified atom stereocenters. The second kappa shape index (κ2) is 5.17. The Morgan fingerprint density at radius 3 is 2.41 bits per heavy atom. The van der Waals surface area contributed by atoms with Gasteiger partial charge in [-0.2, -0.15) is 0 Å². The molecule has 5 rings (SSSR count). The van der Waals surface area contributed by atoms with Gasteiger partial charge in [-0.15, -0.1) is 4.91 Å². The third kappa shape index (κ3) is 1.98. The predicted octanol–water partition coefficient (Wildman–Crippen LogP) is 4.67. The number of esters is 1. The number of phenolic OH excluding ortho intramolecular Hbond substituents is 1. The first-order chi connectivity index (χ1) is 13.0. The minimum absolute atomic E-state index is 0.0190. The number of carbonyl (C=O) groups excluding carboxylic acids is 1. The van der Waals surface area contributed by atoms with Gasteiger partial charge in [0.15, 0.2) is 5.60 Å². The Hall–Kier alpha value is -3.67.